The quantitative estimate of drug-likeness (QED) is 0.0706. The molecule has 4 amide bonds. The van der Waals surface area contributed by atoms with Crippen molar-refractivity contribution in [2.24, 2.45) is 23.7 Å². The molecule has 20 nitrogen and oxygen atoms in total. The van der Waals surface area contributed by atoms with Crippen LogP contribution >= 0.6 is 0 Å². The summed E-state index contributed by atoms with van der Waals surface area (Å²) in [6.07, 6.45) is 2.75. The molecule has 0 N–H and O–H groups in total. The summed E-state index contributed by atoms with van der Waals surface area (Å²) in [5.74, 6) is -5.59. The van der Waals surface area contributed by atoms with Crippen LogP contribution in [-0.4, -0.2) is 163 Å². The number of imidazole rings is 2. The van der Waals surface area contributed by atoms with E-state index < -0.39 is 96.1 Å². The number of carbonyl (C=O) groups excluding carboxylic acids is 8. The van der Waals surface area contributed by atoms with Crippen LogP contribution in [0.1, 0.15) is 143 Å². The van der Waals surface area contributed by atoms with Crippen LogP contribution in [0.5, 0.6) is 0 Å². The Morgan fingerprint density at radius 1 is 0.429 bits per heavy atom. The summed E-state index contributed by atoms with van der Waals surface area (Å²) in [6, 6.07) is 9.81. The average molecular weight is 1170 g/mol. The van der Waals surface area contributed by atoms with Gasteiger partial charge in [0.25, 0.3) is 23.6 Å². The number of esters is 4. The van der Waals surface area contributed by atoms with Crippen LogP contribution in [0.3, 0.4) is 0 Å². The maximum atomic E-state index is 15.1. The number of cyclic esters (lactones) is 4. The third-order valence-electron chi connectivity index (χ3n) is 15.3. The van der Waals surface area contributed by atoms with E-state index in [1.54, 1.807) is 18.5 Å². The van der Waals surface area contributed by atoms with Crippen LogP contribution in [0.25, 0.3) is 0 Å². The molecular formula is C64H92N8O12. The van der Waals surface area contributed by atoms with Gasteiger partial charge in [0, 0.05) is 91.8 Å². The maximum Gasteiger partial charge on any atom is 0.329 e. The number of nitrogens with zero attached hydrogens (tertiary/aromatic N) is 8. The number of likely N-dealkylation sites (N-methyl/N-ethyl adjacent to an activating group) is 4. The highest BCUT2D eigenvalue weighted by molar-refractivity contribution is 5.94. The molecule has 0 unspecified atom stereocenters. The second-order valence-electron chi connectivity index (χ2n) is 24.1. The van der Waals surface area contributed by atoms with E-state index in [2.05, 4.69) is 9.97 Å². The molecule has 84 heavy (non-hydrogen) atoms. The average Bonchev–Trinajstić information content (AvgIpc) is 4.26. The minimum absolute atomic E-state index is 0.0831. The van der Waals surface area contributed by atoms with Crippen LogP contribution in [0.15, 0.2) is 73.3 Å². The number of hydrogen-bond donors (Lipinski definition) is 0. The molecule has 1 saturated heterocycles. The molecule has 460 valence electrons. The van der Waals surface area contributed by atoms with E-state index in [9.17, 15) is 28.8 Å². The van der Waals surface area contributed by atoms with Crippen molar-refractivity contribution in [3.05, 3.63) is 107 Å². The van der Waals surface area contributed by atoms with Crippen molar-refractivity contribution < 1.29 is 57.3 Å². The smallest absolute Gasteiger partial charge is 0.329 e. The summed E-state index contributed by atoms with van der Waals surface area (Å²) in [6.45, 7) is 22.7. The van der Waals surface area contributed by atoms with Crippen molar-refractivity contribution in [2.75, 3.05) is 28.2 Å². The van der Waals surface area contributed by atoms with Crippen LogP contribution in [0.2, 0.25) is 0 Å². The topological polar surface area (TPSA) is 222 Å². The first kappa shape index (κ1) is 67.4. The van der Waals surface area contributed by atoms with Gasteiger partial charge in [-0.25, -0.2) is 29.1 Å². The Morgan fingerprint density at radius 3 is 1.12 bits per heavy atom. The van der Waals surface area contributed by atoms with E-state index in [4.69, 9.17) is 18.9 Å². The zero-order valence-electron chi connectivity index (χ0n) is 52.4. The Balaban J connectivity index is 1.60. The highest BCUT2D eigenvalue weighted by Gasteiger charge is 2.43. The van der Waals surface area contributed by atoms with Gasteiger partial charge >= 0.3 is 23.9 Å². The Hall–Kier alpha value is -7.38. The lowest BCUT2D eigenvalue weighted by atomic mass is 9.99. The lowest BCUT2D eigenvalue weighted by Gasteiger charge is -2.35. The number of rotatable bonds is 18. The van der Waals surface area contributed by atoms with Crippen molar-refractivity contribution >= 4 is 47.5 Å². The first-order chi connectivity index (χ1) is 39.6. The van der Waals surface area contributed by atoms with E-state index >= 15 is 9.59 Å². The van der Waals surface area contributed by atoms with E-state index in [0.29, 0.717) is 30.6 Å². The number of aryl methyl sites for hydroxylation is 2. The molecular weight excluding hydrogens is 1070 g/mol. The number of hydrogen-bond acceptors (Lipinski definition) is 14. The van der Waals surface area contributed by atoms with Gasteiger partial charge in [-0.05, 0) is 85.5 Å². The SMILES string of the molecule is CCc1nccn1Cc1ccc(C[C@H]2OC(=O)[C@H](CC(C)C)N(C)C(=O)[C@@H](C)OC(=O)[C@H](CC(C)C)N(C)C(=O)[C@@H](Cc3cccc(Cn4ccnc4CC)c3)OC(=O)[C@H](CC(C)C)N(C)C(=O)[C@@H](C)OC(=O)[C@H](CC(C)C)N(C)C2=O)cc1. The van der Waals surface area contributed by atoms with Crippen LogP contribution < -0.4 is 0 Å². The Kier molecular flexibility index (Phi) is 24.8. The van der Waals surface area contributed by atoms with Gasteiger partial charge in [0.1, 0.15) is 35.8 Å². The third kappa shape index (κ3) is 18.3. The zero-order valence-corrected chi connectivity index (χ0v) is 52.4. The molecule has 0 radical (unpaired) electrons. The molecule has 0 aliphatic carbocycles. The predicted molar refractivity (Wildman–Crippen MR) is 317 cm³/mol. The Morgan fingerprint density at radius 2 is 0.750 bits per heavy atom. The Bertz CT molecular complexity index is 2860. The fourth-order valence-electron chi connectivity index (χ4n) is 10.5. The molecule has 5 rings (SSSR count). The third-order valence-corrected chi connectivity index (χ3v) is 15.3. The molecule has 1 aliphatic heterocycles. The summed E-state index contributed by atoms with van der Waals surface area (Å²) in [5, 5.41) is 0. The van der Waals surface area contributed by atoms with E-state index in [0.717, 1.165) is 39.0 Å². The molecule has 20 heteroatoms. The van der Waals surface area contributed by atoms with E-state index in [1.165, 1.54) is 51.8 Å². The normalized spacial score (nSPS) is 22.7. The summed E-state index contributed by atoms with van der Waals surface area (Å²) in [4.78, 5) is 132. The van der Waals surface area contributed by atoms with Crippen molar-refractivity contribution in [2.45, 2.75) is 196 Å². The Labute approximate surface area is 496 Å². The maximum absolute atomic E-state index is 15.1. The highest BCUT2D eigenvalue weighted by Crippen LogP contribution is 2.25. The van der Waals surface area contributed by atoms with Crippen molar-refractivity contribution in [3.63, 3.8) is 0 Å². The number of benzene rings is 2. The molecule has 2 aromatic carbocycles. The number of ether oxygens (including phenoxy) is 4. The number of carbonyl (C=O) groups is 8. The van der Waals surface area contributed by atoms with Gasteiger partial charge in [0.2, 0.25) is 0 Å². The molecule has 3 heterocycles. The van der Waals surface area contributed by atoms with Crippen LogP contribution in [0, 0.1) is 23.7 Å². The summed E-state index contributed by atoms with van der Waals surface area (Å²) in [7, 11) is 5.61. The summed E-state index contributed by atoms with van der Waals surface area (Å²) >= 11 is 0. The van der Waals surface area contributed by atoms with Crippen molar-refractivity contribution in [1.82, 2.24) is 38.7 Å². The second-order valence-corrected chi connectivity index (χ2v) is 24.1. The highest BCUT2D eigenvalue weighted by atomic mass is 16.6. The second kappa shape index (κ2) is 31.0. The van der Waals surface area contributed by atoms with Gasteiger partial charge in [0.15, 0.2) is 24.4 Å². The molecule has 8 atom stereocenters. The largest absolute Gasteiger partial charge is 0.451 e. The molecule has 1 fully saturated rings. The standard InChI is InChI=1S/C64H92N8O12/c1-17-55-65-26-28-71(55)37-46-24-22-45(23-25-46)35-53-59(75)69(15)49(30-39(3)4)61(77)81-44(12)58(74)68(14)52(33-42(9)10)64(80)84-54(36-47-20-19-21-48(34-47)38-72-29-27-66-56(72)18-2)60(76)70(16)50(31-40(5)6)62(78)82-43(11)57(73)67(13)51(32-41(7)8)63(79)83-53/h19-29,34,39-44,49-54H,17-18,30-33,35-38H2,1-16H3/t43-,44-,49+,50+,51+,52+,53-,54-/m1/s1. The van der Waals surface area contributed by atoms with Gasteiger partial charge in [-0.1, -0.05) is 118 Å². The van der Waals surface area contributed by atoms with Gasteiger partial charge in [-0.2, -0.15) is 0 Å². The minimum atomic E-state index is -1.54. The first-order valence-corrected chi connectivity index (χ1v) is 29.7. The van der Waals surface area contributed by atoms with Gasteiger partial charge in [0.05, 0.1) is 0 Å². The molecule has 0 bridgehead atoms. The number of amides is 4. The van der Waals surface area contributed by atoms with E-state index in [1.807, 2.05) is 133 Å². The monoisotopic (exact) mass is 1160 g/mol. The predicted octanol–water partition coefficient (Wildman–Crippen LogP) is 7.28. The summed E-state index contributed by atoms with van der Waals surface area (Å²) < 4.78 is 28.4. The lowest BCUT2D eigenvalue weighted by molar-refractivity contribution is -0.176. The molecule has 4 aromatic rings. The molecule has 1 aliphatic rings. The fourth-order valence-corrected chi connectivity index (χ4v) is 10.5. The van der Waals surface area contributed by atoms with Crippen LogP contribution in [-0.2, 0) is 96.1 Å². The first-order valence-electron chi connectivity index (χ1n) is 29.7. The van der Waals surface area contributed by atoms with Gasteiger partial charge < -0.3 is 47.7 Å². The molecule has 2 aromatic heterocycles. The zero-order chi connectivity index (χ0) is 62.3. The number of aromatic nitrogens is 4. The van der Waals surface area contributed by atoms with Gasteiger partial charge in [-0.15, -0.1) is 0 Å². The van der Waals surface area contributed by atoms with E-state index in [-0.39, 0.29) is 62.2 Å². The summed E-state index contributed by atoms with van der Waals surface area (Å²) in [5.41, 5.74) is 3.11. The van der Waals surface area contributed by atoms with Crippen LogP contribution in [0.4, 0.5) is 0 Å². The molecule has 0 spiro atoms. The van der Waals surface area contributed by atoms with Gasteiger partial charge in [-0.3, -0.25) is 19.2 Å². The lowest BCUT2D eigenvalue weighted by Crippen LogP contribution is -2.55. The minimum Gasteiger partial charge on any atom is -0.451 e. The molecule has 0 saturated carbocycles. The van der Waals surface area contributed by atoms with Crippen molar-refractivity contribution in [3.8, 4) is 0 Å². The van der Waals surface area contributed by atoms with Crippen molar-refractivity contribution in [1.29, 1.82) is 0 Å². The fraction of sp³-hybridized carbons (Fsp3) is 0.594.